The fourth-order valence-corrected chi connectivity index (χ4v) is 2.36. The summed E-state index contributed by atoms with van der Waals surface area (Å²) in [5.41, 5.74) is 0. The van der Waals surface area contributed by atoms with E-state index in [-0.39, 0.29) is 25.5 Å². The van der Waals surface area contributed by atoms with Crippen molar-refractivity contribution in [1.82, 2.24) is 5.32 Å². The van der Waals surface area contributed by atoms with Crippen LogP contribution in [-0.4, -0.2) is 42.0 Å². The maximum absolute atomic E-state index is 11.7. The van der Waals surface area contributed by atoms with E-state index in [1.807, 2.05) is 30.3 Å². The van der Waals surface area contributed by atoms with E-state index >= 15 is 0 Å². The molecule has 1 aromatic carbocycles. The molecule has 0 aromatic heterocycles. The predicted molar refractivity (Wildman–Crippen MR) is 82.4 cm³/mol. The number of hydrogen-bond donors (Lipinski definition) is 2. The molecule has 0 saturated heterocycles. The number of thioether (sulfide) groups is 1. The minimum atomic E-state index is -1.11. The Morgan fingerprint density at radius 3 is 2.71 bits per heavy atom. The zero-order valence-corrected chi connectivity index (χ0v) is 12.5. The molecule has 114 valence electrons. The topological polar surface area (TPSA) is 75.6 Å². The van der Waals surface area contributed by atoms with Crippen LogP contribution in [0, 0.1) is 0 Å². The summed E-state index contributed by atoms with van der Waals surface area (Å²) < 4.78 is 5.06. The molecule has 6 heteroatoms. The molecule has 0 radical (unpaired) electrons. The van der Waals surface area contributed by atoms with Crippen LogP contribution in [0.5, 0.6) is 0 Å². The van der Waals surface area contributed by atoms with Crippen molar-refractivity contribution in [2.75, 3.05) is 19.0 Å². The van der Waals surface area contributed by atoms with Crippen LogP contribution in [0.25, 0.3) is 0 Å². The zero-order valence-electron chi connectivity index (χ0n) is 11.7. The lowest BCUT2D eigenvalue weighted by molar-refractivity contribution is -0.143. The summed E-state index contributed by atoms with van der Waals surface area (Å²) in [5.74, 6) is -0.813. The lowest BCUT2D eigenvalue weighted by Gasteiger charge is -2.14. The largest absolute Gasteiger partial charge is 0.480 e. The van der Waals surface area contributed by atoms with Gasteiger partial charge in [-0.3, -0.25) is 4.79 Å². The molecule has 5 nitrogen and oxygen atoms in total. The molecule has 0 saturated carbocycles. The van der Waals surface area contributed by atoms with E-state index in [4.69, 9.17) is 9.84 Å². The first-order valence-corrected chi connectivity index (χ1v) is 7.50. The average Bonchev–Trinajstić information content (AvgIpc) is 2.47. The van der Waals surface area contributed by atoms with Crippen molar-refractivity contribution >= 4 is 23.6 Å². The maximum Gasteiger partial charge on any atom is 0.328 e. The summed E-state index contributed by atoms with van der Waals surface area (Å²) >= 11 is 1.55. The van der Waals surface area contributed by atoms with Crippen LogP contribution in [0.4, 0.5) is 0 Å². The van der Waals surface area contributed by atoms with Gasteiger partial charge in [0, 0.05) is 17.1 Å². The number of nitrogens with one attached hydrogen (secondary N) is 1. The van der Waals surface area contributed by atoms with Crippen molar-refractivity contribution in [3.8, 4) is 0 Å². The lowest BCUT2D eigenvalue weighted by Crippen LogP contribution is -2.44. The maximum atomic E-state index is 11.7. The van der Waals surface area contributed by atoms with E-state index in [2.05, 4.69) is 11.9 Å². The zero-order chi connectivity index (χ0) is 15.5. The van der Waals surface area contributed by atoms with Crippen molar-refractivity contribution in [2.24, 2.45) is 0 Å². The molecule has 1 unspecified atom stereocenters. The molecule has 0 heterocycles. The van der Waals surface area contributed by atoms with E-state index in [1.165, 1.54) is 6.08 Å². The Morgan fingerprint density at radius 1 is 1.38 bits per heavy atom. The Morgan fingerprint density at radius 2 is 2.10 bits per heavy atom. The third-order valence-corrected chi connectivity index (χ3v) is 3.51. The number of rotatable bonds is 10. The van der Waals surface area contributed by atoms with Gasteiger partial charge in [-0.15, -0.1) is 18.3 Å². The van der Waals surface area contributed by atoms with E-state index in [0.717, 1.165) is 4.90 Å². The van der Waals surface area contributed by atoms with Crippen LogP contribution in [0.15, 0.2) is 47.9 Å². The molecule has 1 aromatic rings. The van der Waals surface area contributed by atoms with Crippen LogP contribution in [0.3, 0.4) is 0 Å². The average molecular weight is 309 g/mol. The van der Waals surface area contributed by atoms with Gasteiger partial charge in [0.1, 0.15) is 0 Å². The molecule has 1 atom stereocenters. The van der Waals surface area contributed by atoms with Crippen LogP contribution in [0.1, 0.15) is 6.42 Å². The molecule has 0 bridgehead atoms. The van der Waals surface area contributed by atoms with Gasteiger partial charge >= 0.3 is 5.97 Å². The van der Waals surface area contributed by atoms with Gasteiger partial charge in [0.2, 0.25) is 5.91 Å². The fourth-order valence-electron chi connectivity index (χ4n) is 1.49. The van der Waals surface area contributed by atoms with Crippen molar-refractivity contribution < 1.29 is 19.4 Å². The predicted octanol–water partition coefficient (Wildman–Crippen LogP) is 1.94. The molecule has 2 N–H and O–H groups in total. The van der Waals surface area contributed by atoms with Gasteiger partial charge in [0.15, 0.2) is 6.04 Å². The summed E-state index contributed by atoms with van der Waals surface area (Å²) in [7, 11) is 0. The molecule has 0 aliphatic heterocycles. The fraction of sp³-hybridized carbons (Fsp3) is 0.333. The summed E-state index contributed by atoms with van der Waals surface area (Å²) in [6, 6.07) is 8.69. The first-order chi connectivity index (χ1) is 10.1. The van der Waals surface area contributed by atoms with Crippen molar-refractivity contribution in [3.05, 3.63) is 43.0 Å². The monoisotopic (exact) mass is 309 g/mol. The minimum Gasteiger partial charge on any atom is -0.480 e. The smallest absolute Gasteiger partial charge is 0.328 e. The summed E-state index contributed by atoms with van der Waals surface area (Å²) in [4.78, 5) is 23.8. The van der Waals surface area contributed by atoms with Crippen molar-refractivity contribution in [2.45, 2.75) is 17.4 Å². The molecule has 0 aliphatic rings. The third kappa shape index (κ3) is 7.53. The lowest BCUT2D eigenvalue weighted by atomic mass is 10.3. The van der Waals surface area contributed by atoms with Gasteiger partial charge in [-0.25, -0.2) is 4.79 Å². The number of carboxylic acid groups (broad SMARTS) is 1. The molecule has 0 spiro atoms. The number of ether oxygens (including phenoxy) is 1. The second-order valence-corrected chi connectivity index (χ2v) is 5.36. The SMILES string of the molecule is C=CCOCC(NC(=O)CCSc1ccccc1)C(=O)O. The molecule has 0 aliphatic carbocycles. The Bertz CT molecular complexity index is 464. The third-order valence-electron chi connectivity index (χ3n) is 2.49. The molecule has 1 amide bonds. The second kappa shape index (κ2) is 10.0. The Kier molecular flexibility index (Phi) is 8.23. The number of carbonyl (C=O) groups is 2. The second-order valence-electron chi connectivity index (χ2n) is 4.20. The van der Waals surface area contributed by atoms with Crippen LogP contribution < -0.4 is 5.32 Å². The summed E-state index contributed by atoms with van der Waals surface area (Å²) in [6.45, 7) is 3.65. The van der Waals surface area contributed by atoms with Gasteiger partial charge in [-0.05, 0) is 12.1 Å². The number of carbonyl (C=O) groups excluding carboxylic acids is 1. The number of carboxylic acids is 1. The van der Waals surface area contributed by atoms with Crippen LogP contribution in [-0.2, 0) is 14.3 Å². The van der Waals surface area contributed by atoms with E-state index in [0.29, 0.717) is 5.75 Å². The highest BCUT2D eigenvalue weighted by molar-refractivity contribution is 7.99. The summed E-state index contributed by atoms with van der Waals surface area (Å²) in [6.07, 6.45) is 1.78. The van der Waals surface area contributed by atoms with Crippen LogP contribution >= 0.6 is 11.8 Å². The van der Waals surface area contributed by atoms with Gasteiger partial charge < -0.3 is 15.2 Å². The van der Waals surface area contributed by atoms with E-state index in [9.17, 15) is 9.59 Å². The van der Waals surface area contributed by atoms with Crippen LogP contribution in [0.2, 0.25) is 0 Å². The highest BCUT2D eigenvalue weighted by atomic mass is 32.2. The molecule has 21 heavy (non-hydrogen) atoms. The Hall–Kier alpha value is -1.79. The van der Waals surface area contributed by atoms with Gasteiger partial charge in [0.05, 0.1) is 13.2 Å². The normalized spacial score (nSPS) is 11.6. The van der Waals surface area contributed by atoms with Crippen molar-refractivity contribution in [1.29, 1.82) is 0 Å². The number of amides is 1. The molecular formula is C15H19NO4S. The number of aliphatic carboxylic acids is 1. The number of hydrogen-bond acceptors (Lipinski definition) is 4. The minimum absolute atomic E-state index is 0.0705. The standard InChI is InChI=1S/C15H19NO4S/c1-2-9-20-11-13(15(18)19)16-14(17)8-10-21-12-6-4-3-5-7-12/h2-7,13H,1,8-11H2,(H,16,17)(H,18,19). The molecule has 1 rings (SSSR count). The van der Waals surface area contributed by atoms with Gasteiger partial charge in [-0.1, -0.05) is 24.3 Å². The first-order valence-electron chi connectivity index (χ1n) is 6.52. The number of benzene rings is 1. The van der Waals surface area contributed by atoms with E-state index in [1.54, 1.807) is 11.8 Å². The first kappa shape index (κ1) is 17.3. The Balaban J connectivity index is 2.29. The highest BCUT2D eigenvalue weighted by Gasteiger charge is 2.19. The Labute approximate surface area is 128 Å². The quantitative estimate of drug-likeness (QED) is 0.392. The van der Waals surface area contributed by atoms with Crippen molar-refractivity contribution in [3.63, 3.8) is 0 Å². The molecular weight excluding hydrogens is 290 g/mol. The van der Waals surface area contributed by atoms with Gasteiger partial charge in [-0.2, -0.15) is 0 Å². The summed E-state index contributed by atoms with van der Waals surface area (Å²) in [5, 5.41) is 11.4. The van der Waals surface area contributed by atoms with Gasteiger partial charge in [0.25, 0.3) is 0 Å². The highest BCUT2D eigenvalue weighted by Crippen LogP contribution is 2.17. The van der Waals surface area contributed by atoms with E-state index < -0.39 is 12.0 Å². The molecule has 0 fully saturated rings.